The fourth-order valence-electron chi connectivity index (χ4n) is 1.21. The Morgan fingerprint density at radius 2 is 2.24 bits per heavy atom. The first kappa shape index (κ1) is 10.9. The number of carbonyl (C=O) groups is 1. The molecule has 7 heteroatoms. The number of ether oxygens (including phenoxy) is 1. The summed E-state index contributed by atoms with van der Waals surface area (Å²) in [6, 6.07) is 4.61. The van der Waals surface area contributed by atoms with Gasteiger partial charge in [-0.2, -0.15) is 0 Å². The van der Waals surface area contributed by atoms with Gasteiger partial charge in [-0.1, -0.05) is 0 Å². The number of pyridine rings is 1. The second-order valence-electron chi connectivity index (χ2n) is 3.45. The van der Waals surface area contributed by atoms with Gasteiger partial charge in [0.25, 0.3) is 5.91 Å². The van der Waals surface area contributed by atoms with Crippen molar-refractivity contribution in [3.05, 3.63) is 29.6 Å². The van der Waals surface area contributed by atoms with Crippen LogP contribution in [0.2, 0.25) is 0 Å². The molecule has 1 amide bonds. The molecule has 0 saturated carbocycles. The fraction of sp³-hybridized carbons (Fsp3) is 0.100. The molecule has 5 N–H and O–H groups in total. The van der Waals surface area contributed by atoms with Gasteiger partial charge in [-0.3, -0.25) is 9.89 Å². The number of carbonyl (C=O) groups excluding carboxylic acids is 1. The smallest absolute Gasteiger partial charge is 0.267 e. The maximum Gasteiger partial charge on any atom is 0.267 e. The summed E-state index contributed by atoms with van der Waals surface area (Å²) >= 11 is 0. The van der Waals surface area contributed by atoms with Crippen molar-refractivity contribution < 1.29 is 9.53 Å². The van der Waals surface area contributed by atoms with Gasteiger partial charge in [0.1, 0.15) is 5.69 Å². The summed E-state index contributed by atoms with van der Waals surface area (Å²) in [5.74, 6) is -0.218. The van der Waals surface area contributed by atoms with Crippen molar-refractivity contribution in [2.45, 2.75) is 6.92 Å². The van der Waals surface area contributed by atoms with Crippen LogP contribution in [0.1, 0.15) is 16.2 Å². The summed E-state index contributed by atoms with van der Waals surface area (Å²) in [5.41, 5.74) is 12.0. The molecule has 0 saturated heterocycles. The highest BCUT2D eigenvalue weighted by Gasteiger charge is 2.10. The summed E-state index contributed by atoms with van der Waals surface area (Å²) in [5, 5.41) is 6.58. The Morgan fingerprint density at radius 1 is 1.47 bits per heavy atom. The number of nitrogens with two attached hydrogens (primary N) is 2. The average molecular weight is 233 g/mol. The molecule has 0 fully saturated rings. The lowest BCUT2D eigenvalue weighted by Crippen LogP contribution is -2.13. The maximum absolute atomic E-state index is 11.0. The molecule has 0 atom stereocenters. The highest BCUT2D eigenvalue weighted by molar-refractivity contribution is 5.91. The van der Waals surface area contributed by atoms with Crippen LogP contribution in [0.15, 0.2) is 18.2 Å². The van der Waals surface area contributed by atoms with E-state index in [1.165, 1.54) is 12.1 Å². The molecular weight excluding hydrogens is 222 g/mol. The van der Waals surface area contributed by atoms with Gasteiger partial charge >= 0.3 is 0 Å². The summed E-state index contributed by atoms with van der Waals surface area (Å²) in [4.78, 5) is 14.9. The van der Waals surface area contributed by atoms with Crippen LogP contribution in [0.3, 0.4) is 0 Å². The van der Waals surface area contributed by atoms with E-state index < -0.39 is 5.91 Å². The molecule has 0 radical (unpaired) electrons. The van der Waals surface area contributed by atoms with Crippen LogP contribution in [0.25, 0.3) is 0 Å². The molecule has 2 heterocycles. The average Bonchev–Trinajstić information content (AvgIpc) is 2.67. The molecular formula is C10H11N5O2. The topological polar surface area (TPSA) is 120 Å². The number of aromatic nitrogens is 3. The predicted octanol–water partition coefficient (Wildman–Crippen LogP) is 0.587. The molecule has 17 heavy (non-hydrogen) atoms. The minimum absolute atomic E-state index is 0.0847. The largest absolute Gasteiger partial charge is 0.417 e. The van der Waals surface area contributed by atoms with Gasteiger partial charge in [0.15, 0.2) is 0 Å². The summed E-state index contributed by atoms with van der Waals surface area (Å²) < 4.78 is 5.33. The standard InChI is InChI=1S/C10H11N5O2/c1-5-4-8(15-14-5)17-10-6(11)2-3-7(13-10)9(12)16/h2-4H,11H2,1H3,(H2,12,16)(H,14,15). The zero-order chi connectivity index (χ0) is 12.4. The van der Waals surface area contributed by atoms with Crippen molar-refractivity contribution >= 4 is 11.6 Å². The van der Waals surface area contributed by atoms with Crippen LogP contribution in [0, 0.1) is 6.92 Å². The van der Waals surface area contributed by atoms with Crippen molar-refractivity contribution in [2.24, 2.45) is 5.73 Å². The molecule has 2 aromatic heterocycles. The van der Waals surface area contributed by atoms with E-state index in [1.54, 1.807) is 6.07 Å². The van der Waals surface area contributed by atoms with E-state index in [1.807, 2.05) is 6.92 Å². The lowest BCUT2D eigenvalue weighted by molar-refractivity contribution is 0.0995. The molecule has 2 aromatic rings. The van der Waals surface area contributed by atoms with E-state index in [9.17, 15) is 4.79 Å². The fourth-order valence-corrected chi connectivity index (χ4v) is 1.21. The molecule has 0 bridgehead atoms. The van der Waals surface area contributed by atoms with Crippen molar-refractivity contribution in [1.82, 2.24) is 15.2 Å². The van der Waals surface area contributed by atoms with E-state index in [2.05, 4.69) is 15.2 Å². The number of aryl methyl sites for hydroxylation is 1. The van der Waals surface area contributed by atoms with Gasteiger partial charge in [0, 0.05) is 11.8 Å². The minimum Gasteiger partial charge on any atom is -0.417 e. The molecule has 0 aliphatic carbocycles. The first-order valence-electron chi connectivity index (χ1n) is 4.82. The number of hydrogen-bond donors (Lipinski definition) is 3. The SMILES string of the molecule is Cc1cc(Oc2nc(C(N)=O)ccc2N)n[nH]1. The molecule has 0 unspecified atom stereocenters. The Labute approximate surface area is 96.8 Å². The van der Waals surface area contributed by atoms with Crippen molar-refractivity contribution in [3.63, 3.8) is 0 Å². The van der Waals surface area contributed by atoms with Crippen molar-refractivity contribution in [3.8, 4) is 11.8 Å². The van der Waals surface area contributed by atoms with E-state index >= 15 is 0 Å². The Balaban J connectivity index is 2.31. The predicted molar refractivity (Wildman–Crippen MR) is 60.6 cm³/mol. The van der Waals surface area contributed by atoms with Crippen LogP contribution >= 0.6 is 0 Å². The van der Waals surface area contributed by atoms with Crippen molar-refractivity contribution in [1.29, 1.82) is 0 Å². The van der Waals surface area contributed by atoms with Gasteiger partial charge in [-0.05, 0) is 19.1 Å². The van der Waals surface area contributed by atoms with Gasteiger partial charge in [0.2, 0.25) is 11.8 Å². The number of nitrogens with one attached hydrogen (secondary N) is 1. The molecule has 0 aliphatic rings. The van der Waals surface area contributed by atoms with Gasteiger partial charge in [-0.15, -0.1) is 5.10 Å². The van der Waals surface area contributed by atoms with Crippen LogP contribution in [0.4, 0.5) is 5.69 Å². The lowest BCUT2D eigenvalue weighted by atomic mass is 10.3. The number of hydrogen-bond acceptors (Lipinski definition) is 5. The normalized spacial score (nSPS) is 10.2. The van der Waals surface area contributed by atoms with Crippen LogP contribution < -0.4 is 16.2 Å². The second-order valence-corrected chi connectivity index (χ2v) is 3.45. The third-order valence-corrected chi connectivity index (χ3v) is 2.03. The Hall–Kier alpha value is -2.57. The molecule has 0 aliphatic heterocycles. The summed E-state index contributed by atoms with van der Waals surface area (Å²) in [6.07, 6.45) is 0. The molecule has 0 spiro atoms. The monoisotopic (exact) mass is 233 g/mol. The minimum atomic E-state index is -0.645. The molecule has 7 nitrogen and oxygen atoms in total. The van der Waals surface area contributed by atoms with Gasteiger partial charge in [-0.25, -0.2) is 4.98 Å². The number of nitrogen functional groups attached to an aromatic ring is 1. The number of primary amides is 1. The highest BCUT2D eigenvalue weighted by Crippen LogP contribution is 2.24. The Morgan fingerprint density at radius 3 is 2.82 bits per heavy atom. The first-order chi connectivity index (χ1) is 8.06. The summed E-state index contributed by atoms with van der Waals surface area (Å²) in [6.45, 7) is 1.83. The number of nitrogens with zero attached hydrogens (tertiary/aromatic N) is 2. The second kappa shape index (κ2) is 4.12. The van der Waals surface area contributed by atoms with Gasteiger partial charge < -0.3 is 16.2 Å². The first-order valence-corrected chi connectivity index (χ1v) is 4.82. The van der Waals surface area contributed by atoms with E-state index in [0.717, 1.165) is 5.69 Å². The Bertz CT molecular complexity index is 564. The van der Waals surface area contributed by atoms with Crippen LogP contribution in [-0.2, 0) is 0 Å². The third kappa shape index (κ3) is 2.33. The molecule has 88 valence electrons. The van der Waals surface area contributed by atoms with E-state index in [4.69, 9.17) is 16.2 Å². The van der Waals surface area contributed by atoms with E-state index in [-0.39, 0.29) is 11.6 Å². The van der Waals surface area contributed by atoms with Crippen LogP contribution in [0.5, 0.6) is 11.8 Å². The number of amides is 1. The third-order valence-electron chi connectivity index (χ3n) is 2.03. The zero-order valence-corrected chi connectivity index (χ0v) is 9.10. The number of H-pyrrole nitrogens is 1. The van der Waals surface area contributed by atoms with Crippen LogP contribution in [-0.4, -0.2) is 21.1 Å². The highest BCUT2D eigenvalue weighted by atomic mass is 16.5. The summed E-state index contributed by atoms with van der Waals surface area (Å²) in [7, 11) is 0. The van der Waals surface area contributed by atoms with Crippen molar-refractivity contribution in [2.75, 3.05) is 5.73 Å². The zero-order valence-electron chi connectivity index (χ0n) is 9.10. The molecule has 0 aromatic carbocycles. The maximum atomic E-state index is 11.0. The van der Waals surface area contributed by atoms with E-state index in [0.29, 0.717) is 11.6 Å². The number of anilines is 1. The number of rotatable bonds is 3. The lowest BCUT2D eigenvalue weighted by Gasteiger charge is -2.05. The van der Waals surface area contributed by atoms with Gasteiger partial charge in [0.05, 0.1) is 5.69 Å². The Kier molecular flexibility index (Phi) is 2.65. The quantitative estimate of drug-likeness (QED) is 0.716. The molecule has 2 rings (SSSR count). The number of aromatic amines is 1.